The third-order valence-corrected chi connectivity index (χ3v) is 2.79. The molecule has 1 amide bonds. The van der Waals surface area contributed by atoms with Crippen LogP contribution in [0.5, 0.6) is 0 Å². The van der Waals surface area contributed by atoms with Gasteiger partial charge in [0.1, 0.15) is 5.69 Å². The van der Waals surface area contributed by atoms with Crippen LogP contribution in [0.1, 0.15) is 30.3 Å². The van der Waals surface area contributed by atoms with Gasteiger partial charge in [-0.25, -0.2) is 0 Å². The highest BCUT2D eigenvalue weighted by atomic mass is 16.3. The van der Waals surface area contributed by atoms with Crippen molar-refractivity contribution in [1.29, 1.82) is 0 Å². The molecule has 0 fully saturated rings. The third-order valence-electron chi connectivity index (χ3n) is 2.79. The van der Waals surface area contributed by atoms with E-state index in [-0.39, 0.29) is 18.6 Å². The molecule has 17 heavy (non-hydrogen) atoms. The highest BCUT2D eigenvalue weighted by molar-refractivity contribution is 5.96. The first-order chi connectivity index (χ1) is 8.24. The zero-order chi connectivity index (χ0) is 12.3. The fourth-order valence-electron chi connectivity index (χ4n) is 1.77. The fraction of sp³-hybridized carbons (Fsp3) is 0.417. The first-order valence-corrected chi connectivity index (χ1v) is 5.72. The van der Waals surface area contributed by atoms with Gasteiger partial charge in [-0.15, -0.1) is 0 Å². The monoisotopic (exact) mass is 236 g/mol. The van der Waals surface area contributed by atoms with Gasteiger partial charge in [0.25, 0.3) is 5.91 Å². The van der Waals surface area contributed by atoms with Crippen LogP contribution in [0.4, 0.5) is 0 Å². The van der Waals surface area contributed by atoms with Gasteiger partial charge < -0.3 is 19.8 Å². The van der Waals surface area contributed by atoms with E-state index in [2.05, 4.69) is 10.3 Å². The Kier molecular flexibility index (Phi) is 3.49. The molecule has 2 aromatic heterocycles. The number of aliphatic hydroxyl groups is 1. The number of hydrogen-bond donors (Lipinski definition) is 3. The van der Waals surface area contributed by atoms with E-state index in [1.54, 1.807) is 18.4 Å². The van der Waals surface area contributed by atoms with Crippen LogP contribution < -0.4 is 5.32 Å². The molecule has 1 atom stereocenters. The molecule has 2 aromatic rings. The summed E-state index contributed by atoms with van der Waals surface area (Å²) in [6.45, 7) is 2.05. The summed E-state index contributed by atoms with van der Waals surface area (Å²) >= 11 is 0. The summed E-state index contributed by atoms with van der Waals surface area (Å²) in [4.78, 5) is 14.9. The number of carbonyl (C=O) groups is 1. The van der Waals surface area contributed by atoms with Crippen LogP contribution in [0.15, 0.2) is 22.8 Å². The van der Waals surface area contributed by atoms with Gasteiger partial charge in [0.05, 0.1) is 11.8 Å². The molecule has 0 aliphatic heterocycles. The van der Waals surface area contributed by atoms with Crippen LogP contribution in [0.25, 0.3) is 11.1 Å². The van der Waals surface area contributed by atoms with Gasteiger partial charge in [-0.05, 0) is 12.8 Å². The lowest BCUT2D eigenvalue weighted by Gasteiger charge is -2.14. The minimum Gasteiger partial charge on any atom is -0.463 e. The summed E-state index contributed by atoms with van der Waals surface area (Å²) < 4.78 is 5.18. The third kappa shape index (κ3) is 2.50. The lowest BCUT2D eigenvalue weighted by molar-refractivity contribution is 0.0925. The maximum atomic E-state index is 11.9. The summed E-state index contributed by atoms with van der Waals surface area (Å²) in [5.74, 6) is -0.170. The smallest absolute Gasteiger partial charge is 0.268 e. The minimum atomic E-state index is -0.170. The lowest BCUT2D eigenvalue weighted by Crippen LogP contribution is -2.35. The number of H-pyrrole nitrogens is 1. The number of fused-ring (bicyclic) bond motifs is 1. The maximum absolute atomic E-state index is 11.9. The van der Waals surface area contributed by atoms with E-state index in [4.69, 9.17) is 9.52 Å². The average molecular weight is 236 g/mol. The zero-order valence-corrected chi connectivity index (χ0v) is 9.69. The van der Waals surface area contributed by atoms with Crippen LogP contribution in [0, 0.1) is 0 Å². The molecule has 0 radical (unpaired) electrons. The van der Waals surface area contributed by atoms with Crippen molar-refractivity contribution in [2.45, 2.75) is 25.8 Å². The Morgan fingerprint density at radius 3 is 3.12 bits per heavy atom. The average Bonchev–Trinajstić information content (AvgIpc) is 2.88. The van der Waals surface area contributed by atoms with E-state index >= 15 is 0 Å². The van der Waals surface area contributed by atoms with Crippen molar-refractivity contribution in [3.05, 3.63) is 24.1 Å². The Morgan fingerprint density at radius 1 is 1.65 bits per heavy atom. The summed E-state index contributed by atoms with van der Waals surface area (Å²) in [6, 6.07) is 3.45. The van der Waals surface area contributed by atoms with Crippen molar-refractivity contribution in [1.82, 2.24) is 10.3 Å². The van der Waals surface area contributed by atoms with Gasteiger partial charge >= 0.3 is 0 Å². The number of aromatic nitrogens is 1. The van der Waals surface area contributed by atoms with E-state index in [0.717, 1.165) is 11.9 Å². The van der Waals surface area contributed by atoms with E-state index in [9.17, 15) is 4.79 Å². The van der Waals surface area contributed by atoms with Crippen molar-refractivity contribution >= 4 is 17.0 Å². The second kappa shape index (κ2) is 5.05. The van der Waals surface area contributed by atoms with Gasteiger partial charge in [-0.3, -0.25) is 4.79 Å². The van der Waals surface area contributed by atoms with E-state index < -0.39 is 0 Å². The van der Waals surface area contributed by atoms with Gasteiger partial charge in [-0.2, -0.15) is 0 Å². The first-order valence-electron chi connectivity index (χ1n) is 5.72. The molecule has 0 aromatic carbocycles. The van der Waals surface area contributed by atoms with Gasteiger partial charge in [-0.1, -0.05) is 6.92 Å². The van der Waals surface area contributed by atoms with Crippen molar-refractivity contribution in [2.75, 3.05) is 6.61 Å². The number of nitrogens with one attached hydrogen (secondary N) is 2. The molecule has 1 unspecified atom stereocenters. The summed E-state index contributed by atoms with van der Waals surface area (Å²) in [7, 11) is 0. The van der Waals surface area contributed by atoms with Crippen LogP contribution >= 0.6 is 0 Å². The number of aromatic amines is 1. The topological polar surface area (TPSA) is 78.3 Å². The molecule has 2 rings (SSSR count). The molecular weight excluding hydrogens is 220 g/mol. The summed E-state index contributed by atoms with van der Waals surface area (Å²) in [5, 5.41) is 11.7. The van der Waals surface area contributed by atoms with Crippen molar-refractivity contribution in [3.8, 4) is 0 Å². The Bertz CT molecular complexity index is 472. The number of rotatable bonds is 5. The van der Waals surface area contributed by atoms with E-state index in [1.807, 2.05) is 6.92 Å². The standard InChI is InChI=1S/C12H16N2O3/c1-2-8(3-5-15)13-12(16)10-7-11-9(14-10)4-6-17-11/h4,6-8,14-15H,2-3,5H2,1H3,(H,13,16). The molecule has 5 nitrogen and oxygen atoms in total. The van der Waals surface area contributed by atoms with Gasteiger partial charge in [0, 0.05) is 24.8 Å². The van der Waals surface area contributed by atoms with Crippen LogP contribution in [-0.4, -0.2) is 28.6 Å². The summed E-state index contributed by atoms with van der Waals surface area (Å²) in [5.41, 5.74) is 1.96. The number of furan rings is 1. The predicted molar refractivity (Wildman–Crippen MR) is 63.8 cm³/mol. The largest absolute Gasteiger partial charge is 0.463 e. The maximum Gasteiger partial charge on any atom is 0.268 e. The highest BCUT2D eigenvalue weighted by Crippen LogP contribution is 2.16. The molecule has 0 spiro atoms. The number of aliphatic hydroxyl groups excluding tert-OH is 1. The Morgan fingerprint density at radius 2 is 2.47 bits per heavy atom. The van der Waals surface area contributed by atoms with Crippen molar-refractivity contribution < 1.29 is 14.3 Å². The van der Waals surface area contributed by atoms with Crippen LogP contribution in [-0.2, 0) is 0 Å². The number of amides is 1. The second-order valence-electron chi connectivity index (χ2n) is 3.97. The molecule has 3 N–H and O–H groups in total. The van der Waals surface area contributed by atoms with E-state index in [0.29, 0.717) is 17.7 Å². The molecule has 92 valence electrons. The molecule has 0 bridgehead atoms. The number of carbonyl (C=O) groups excluding carboxylic acids is 1. The van der Waals surface area contributed by atoms with Gasteiger partial charge in [0.2, 0.25) is 0 Å². The SMILES string of the molecule is CCC(CCO)NC(=O)c1cc2occc2[nH]1. The fourth-order valence-corrected chi connectivity index (χ4v) is 1.77. The lowest BCUT2D eigenvalue weighted by atomic mass is 10.1. The number of hydrogen-bond acceptors (Lipinski definition) is 3. The highest BCUT2D eigenvalue weighted by Gasteiger charge is 2.14. The molecule has 0 aliphatic carbocycles. The Hall–Kier alpha value is -1.75. The molecule has 0 aliphatic rings. The second-order valence-corrected chi connectivity index (χ2v) is 3.97. The Balaban J connectivity index is 2.06. The molecular formula is C12H16N2O3. The molecule has 5 heteroatoms. The van der Waals surface area contributed by atoms with Crippen LogP contribution in [0.3, 0.4) is 0 Å². The zero-order valence-electron chi connectivity index (χ0n) is 9.69. The quantitative estimate of drug-likeness (QED) is 0.738. The Labute approximate surface area is 98.8 Å². The van der Waals surface area contributed by atoms with Crippen LogP contribution in [0.2, 0.25) is 0 Å². The van der Waals surface area contributed by atoms with Gasteiger partial charge in [0.15, 0.2) is 5.58 Å². The molecule has 2 heterocycles. The normalized spacial score (nSPS) is 12.8. The summed E-state index contributed by atoms with van der Waals surface area (Å²) in [6.07, 6.45) is 2.94. The van der Waals surface area contributed by atoms with Crippen molar-refractivity contribution in [3.63, 3.8) is 0 Å². The molecule has 0 saturated carbocycles. The van der Waals surface area contributed by atoms with Crippen molar-refractivity contribution in [2.24, 2.45) is 0 Å². The molecule has 0 saturated heterocycles. The first kappa shape index (κ1) is 11.7. The minimum absolute atomic E-state index is 0.00195. The predicted octanol–water partition coefficient (Wildman–Crippen LogP) is 1.65. The van der Waals surface area contributed by atoms with E-state index in [1.165, 1.54) is 0 Å².